The highest BCUT2D eigenvalue weighted by Gasteiger charge is 2.26. The number of methoxy groups -OCH3 is 3. The van der Waals surface area contributed by atoms with Crippen LogP contribution in [0.2, 0.25) is 0 Å². The summed E-state index contributed by atoms with van der Waals surface area (Å²) in [6, 6.07) is 5.74. The molecule has 0 aliphatic carbocycles. The first kappa shape index (κ1) is 18.9. The maximum atomic E-state index is 11.6. The molecule has 1 aliphatic rings. The van der Waals surface area contributed by atoms with Crippen molar-refractivity contribution in [1.82, 2.24) is 10.2 Å². The molecule has 1 aliphatic heterocycles. The van der Waals surface area contributed by atoms with Crippen LogP contribution < -0.4 is 14.8 Å². The van der Waals surface area contributed by atoms with Gasteiger partial charge in [0.05, 0.1) is 27.2 Å². The molecule has 0 radical (unpaired) electrons. The van der Waals surface area contributed by atoms with Crippen molar-refractivity contribution in [2.75, 3.05) is 41.5 Å². The summed E-state index contributed by atoms with van der Waals surface area (Å²) in [5, 5.41) is 3.36. The van der Waals surface area contributed by atoms with Gasteiger partial charge in [-0.2, -0.15) is 0 Å². The number of carbonyl (C=O) groups excluding carboxylic acids is 1. The second kappa shape index (κ2) is 9.15. The van der Waals surface area contributed by atoms with Crippen molar-refractivity contribution in [3.05, 3.63) is 23.8 Å². The fourth-order valence-corrected chi connectivity index (χ4v) is 3.00. The Morgan fingerprint density at radius 2 is 1.96 bits per heavy atom. The second-order valence-electron chi connectivity index (χ2n) is 5.86. The fourth-order valence-electron chi connectivity index (χ4n) is 3.00. The number of nitrogens with one attached hydrogen (secondary N) is 1. The number of rotatable bonds is 5. The summed E-state index contributed by atoms with van der Waals surface area (Å²) in [4.78, 5) is 18.2. The van der Waals surface area contributed by atoms with Crippen molar-refractivity contribution in [1.29, 1.82) is 0 Å². The molecule has 7 heteroatoms. The lowest BCUT2D eigenvalue weighted by Crippen LogP contribution is -2.46. The molecule has 0 aromatic heterocycles. The zero-order chi connectivity index (χ0) is 18.2. The SMILES string of the molecule is CN=C(NCc1ccc(OC)cc1OC)N1CCC(C(=O)OC)CC1. The summed E-state index contributed by atoms with van der Waals surface area (Å²) in [6.07, 6.45) is 1.55. The number of benzene rings is 1. The molecule has 1 heterocycles. The van der Waals surface area contributed by atoms with E-state index in [1.54, 1.807) is 21.3 Å². The van der Waals surface area contributed by atoms with E-state index in [2.05, 4.69) is 15.2 Å². The van der Waals surface area contributed by atoms with E-state index in [0.29, 0.717) is 6.54 Å². The normalized spacial score (nSPS) is 15.7. The first-order chi connectivity index (χ1) is 12.1. The van der Waals surface area contributed by atoms with Gasteiger partial charge >= 0.3 is 5.97 Å². The molecule has 0 saturated carbocycles. The summed E-state index contributed by atoms with van der Waals surface area (Å²) in [5.74, 6) is 2.22. The summed E-state index contributed by atoms with van der Waals surface area (Å²) >= 11 is 0. The minimum atomic E-state index is -0.120. The maximum Gasteiger partial charge on any atom is 0.308 e. The number of piperidine rings is 1. The van der Waals surface area contributed by atoms with Crippen LogP contribution in [0.3, 0.4) is 0 Å². The molecule has 1 saturated heterocycles. The Bertz CT molecular complexity index is 610. The Balaban J connectivity index is 1.94. The molecule has 25 heavy (non-hydrogen) atoms. The third-order valence-corrected chi connectivity index (χ3v) is 4.47. The maximum absolute atomic E-state index is 11.6. The lowest BCUT2D eigenvalue weighted by Gasteiger charge is -2.33. The van der Waals surface area contributed by atoms with Crippen LogP contribution in [0, 0.1) is 5.92 Å². The number of carbonyl (C=O) groups is 1. The lowest BCUT2D eigenvalue weighted by atomic mass is 9.97. The first-order valence-corrected chi connectivity index (χ1v) is 8.37. The number of guanidine groups is 1. The van der Waals surface area contributed by atoms with Gasteiger partial charge in [0.25, 0.3) is 0 Å². The van der Waals surface area contributed by atoms with Crippen molar-refractivity contribution in [3.8, 4) is 11.5 Å². The molecule has 7 nitrogen and oxygen atoms in total. The summed E-state index contributed by atoms with van der Waals surface area (Å²) in [5.41, 5.74) is 1.02. The Hall–Kier alpha value is -2.44. The molecule has 2 rings (SSSR count). The molecule has 1 aromatic carbocycles. The minimum Gasteiger partial charge on any atom is -0.497 e. The first-order valence-electron chi connectivity index (χ1n) is 8.37. The molecule has 1 fully saturated rings. The van der Waals surface area contributed by atoms with E-state index in [1.807, 2.05) is 18.2 Å². The predicted molar refractivity (Wildman–Crippen MR) is 96.1 cm³/mol. The van der Waals surface area contributed by atoms with E-state index >= 15 is 0 Å². The largest absolute Gasteiger partial charge is 0.497 e. The number of aliphatic imine (C=N–C) groups is 1. The van der Waals surface area contributed by atoms with Crippen molar-refractivity contribution in [3.63, 3.8) is 0 Å². The molecule has 0 atom stereocenters. The predicted octanol–water partition coefficient (Wildman–Crippen LogP) is 1.66. The average Bonchev–Trinajstić information content (AvgIpc) is 2.68. The van der Waals surface area contributed by atoms with Crippen LogP contribution >= 0.6 is 0 Å². The second-order valence-corrected chi connectivity index (χ2v) is 5.86. The number of likely N-dealkylation sites (tertiary alicyclic amines) is 1. The number of ether oxygens (including phenoxy) is 3. The van der Waals surface area contributed by atoms with Crippen molar-refractivity contribution in [2.24, 2.45) is 10.9 Å². The Morgan fingerprint density at radius 3 is 2.52 bits per heavy atom. The Morgan fingerprint density at radius 1 is 1.24 bits per heavy atom. The van der Waals surface area contributed by atoms with E-state index < -0.39 is 0 Å². The number of hydrogen-bond acceptors (Lipinski definition) is 5. The van der Waals surface area contributed by atoms with Gasteiger partial charge in [0.15, 0.2) is 5.96 Å². The van der Waals surface area contributed by atoms with Crippen LogP contribution in [-0.2, 0) is 16.1 Å². The van der Waals surface area contributed by atoms with E-state index in [1.165, 1.54) is 7.11 Å². The monoisotopic (exact) mass is 349 g/mol. The van der Waals surface area contributed by atoms with Gasteiger partial charge in [-0.1, -0.05) is 0 Å². The van der Waals surface area contributed by atoms with Crippen molar-refractivity contribution in [2.45, 2.75) is 19.4 Å². The van der Waals surface area contributed by atoms with Gasteiger partial charge in [-0.05, 0) is 25.0 Å². The van der Waals surface area contributed by atoms with E-state index in [4.69, 9.17) is 14.2 Å². The zero-order valence-corrected chi connectivity index (χ0v) is 15.4. The molecule has 0 amide bonds. The summed E-state index contributed by atoms with van der Waals surface area (Å²) in [6.45, 7) is 2.15. The smallest absolute Gasteiger partial charge is 0.308 e. The summed E-state index contributed by atoms with van der Waals surface area (Å²) in [7, 11) is 6.48. The van der Waals surface area contributed by atoms with Gasteiger partial charge in [-0.3, -0.25) is 9.79 Å². The molecular formula is C18H27N3O4. The summed E-state index contributed by atoms with van der Waals surface area (Å²) < 4.78 is 15.5. The van der Waals surface area contributed by atoms with Crippen LogP contribution in [0.1, 0.15) is 18.4 Å². The highest BCUT2D eigenvalue weighted by Crippen LogP contribution is 2.24. The van der Waals surface area contributed by atoms with Gasteiger partial charge in [0.1, 0.15) is 11.5 Å². The van der Waals surface area contributed by atoms with Gasteiger partial charge in [-0.25, -0.2) is 0 Å². The van der Waals surface area contributed by atoms with E-state index in [-0.39, 0.29) is 11.9 Å². The number of hydrogen-bond donors (Lipinski definition) is 1. The number of esters is 1. The fraction of sp³-hybridized carbons (Fsp3) is 0.556. The van der Waals surface area contributed by atoms with E-state index in [0.717, 1.165) is 49.0 Å². The Kier molecular flexibility index (Phi) is 6.91. The Labute approximate surface area is 149 Å². The van der Waals surface area contributed by atoms with Gasteiger partial charge in [0.2, 0.25) is 0 Å². The topological polar surface area (TPSA) is 72.4 Å². The van der Waals surface area contributed by atoms with Crippen molar-refractivity contribution < 1.29 is 19.0 Å². The van der Waals surface area contributed by atoms with Gasteiger partial charge in [0, 0.05) is 38.3 Å². The molecular weight excluding hydrogens is 322 g/mol. The van der Waals surface area contributed by atoms with Crippen LogP contribution in [-0.4, -0.2) is 58.3 Å². The average molecular weight is 349 g/mol. The highest BCUT2D eigenvalue weighted by molar-refractivity contribution is 5.80. The number of nitrogens with zero attached hydrogens (tertiary/aromatic N) is 2. The lowest BCUT2D eigenvalue weighted by molar-refractivity contribution is -0.146. The molecule has 0 spiro atoms. The molecule has 138 valence electrons. The van der Waals surface area contributed by atoms with Crippen molar-refractivity contribution >= 4 is 11.9 Å². The minimum absolute atomic E-state index is 0.0129. The molecule has 0 unspecified atom stereocenters. The zero-order valence-electron chi connectivity index (χ0n) is 15.4. The molecule has 1 aromatic rings. The van der Waals surface area contributed by atoms with Crippen LogP contribution in [0.15, 0.2) is 23.2 Å². The molecule has 0 bridgehead atoms. The van der Waals surface area contributed by atoms with Gasteiger partial charge in [-0.15, -0.1) is 0 Å². The van der Waals surface area contributed by atoms with E-state index in [9.17, 15) is 4.79 Å². The van der Waals surface area contributed by atoms with Gasteiger partial charge < -0.3 is 24.4 Å². The standard InChI is InChI=1S/C18H27N3O4/c1-19-18(21-9-7-13(8-10-21)17(22)25-4)20-12-14-5-6-15(23-2)11-16(14)24-3/h5-6,11,13H,7-10,12H2,1-4H3,(H,19,20). The third-order valence-electron chi connectivity index (χ3n) is 4.47. The van der Waals surface area contributed by atoms with Crippen LogP contribution in [0.4, 0.5) is 0 Å². The van der Waals surface area contributed by atoms with Crippen LogP contribution in [0.5, 0.6) is 11.5 Å². The van der Waals surface area contributed by atoms with Crippen LogP contribution in [0.25, 0.3) is 0 Å². The third kappa shape index (κ3) is 4.78. The highest BCUT2D eigenvalue weighted by atomic mass is 16.5. The quantitative estimate of drug-likeness (QED) is 0.495. The molecule has 1 N–H and O–H groups in total.